The Morgan fingerprint density at radius 3 is 2.94 bits per heavy atom. The maximum atomic E-state index is 11.7. The minimum atomic E-state index is -0.190. The number of rotatable bonds is 2. The number of nitrogens with two attached hydrogens (primary N) is 1. The number of hydrogen-bond acceptors (Lipinski definition) is 3. The molecule has 0 aliphatic carbocycles. The number of benzene rings is 1. The van der Waals surface area contributed by atoms with Crippen LogP contribution in [0.4, 0.5) is 0 Å². The minimum Gasteiger partial charge on any atom is -0.384 e. The fraction of sp³-hybridized carbons (Fsp3) is 0.182. The lowest BCUT2D eigenvalue weighted by Gasteiger charge is -2.02. The van der Waals surface area contributed by atoms with Crippen LogP contribution in [0, 0.1) is 5.41 Å². The van der Waals surface area contributed by atoms with Gasteiger partial charge in [-0.05, 0) is 18.2 Å². The Morgan fingerprint density at radius 1 is 1.56 bits per heavy atom. The van der Waals surface area contributed by atoms with Crippen LogP contribution in [0.2, 0.25) is 0 Å². The predicted octanol–water partition coefficient (Wildman–Crippen LogP) is 0.770. The zero-order valence-electron chi connectivity index (χ0n) is 8.87. The summed E-state index contributed by atoms with van der Waals surface area (Å²) < 4.78 is 0. The lowest BCUT2D eigenvalue weighted by atomic mass is 10.1. The Hall–Kier alpha value is -2.17. The Bertz CT molecular complexity index is 615. The summed E-state index contributed by atoms with van der Waals surface area (Å²) in [6.45, 7) is 1.92. The summed E-state index contributed by atoms with van der Waals surface area (Å²) in [6.07, 6.45) is 0.680. The molecule has 4 N–H and O–H groups in total. The number of H-pyrrole nitrogens is 1. The summed E-state index contributed by atoms with van der Waals surface area (Å²) >= 11 is 0. The van der Waals surface area contributed by atoms with Gasteiger partial charge in [0.25, 0.3) is 5.56 Å². The van der Waals surface area contributed by atoms with E-state index in [4.69, 9.17) is 11.1 Å². The summed E-state index contributed by atoms with van der Waals surface area (Å²) in [5.41, 5.74) is 6.33. The molecular formula is C11H12N4O. The molecule has 0 radical (unpaired) electrons. The van der Waals surface area contributed by atoms with Gasteiger partial charge in [0.2, 0.25) is 0 Å². The smallest absolute Gasteiger partial charge is 0.258 e. The number of fused-ring (bicyclic) bond motifs is 1. The second-order valence-electron chi connectivity index (χ2n) is 3.51. The molecule has 0 spiro atoms. The van der Waals surface area contributed by atoms with E-state index in [0.717, 1.165) is 0 Å². The van der Waals surface area contributed by atoms with Gasteiger partial charge >= 0.3 is 0 Å². The third-order valence-corrected chi connectivity index (χ3v) is 2.40. The highest BCUT2D eigenvalue weighted by molar-refractivity contribution is 5.98. The van der Waals surface area contributed by atoms with Gasteiger partial charge in [0.15, 0.2) is 0 Å². The first-order valence-electron chi connectivity index (χ1n) is 4.99. The molecule has 0 unspecified atom stereocenters. The number of nitrogen functional groups attached to an aromatic ring is 1. The van der Waals surface area contributed by atoms with Crippen molar-refractivity contribution in [3.05, 3.63) is 39.9 Å². The van der Waals surface area contributed by atoms with Crippen LogP contribution in [0.25, 0.3) is 10.9 Å². The molecule has 82 valence electrons. The lowest BCUT2D eigenvalue weighted by molar-refractivity contribution is 0.944. The summed E-state index contributed by atoms with van der Waals surface area (Å²) in [5.74, 6) is 0.606. The quantitative estimate of drug-likeness (QED) is 0.511. The average molecular weight is 216 g/mol. The van der Waals surface area contributed by atoms with E-state index >= 15 is 0 Å². The SMILES string of the molecule is CCc1nc2ccc(C(=N)N)cc2c(=O)[nH]1. The molecule has 0 aliphatic rings. The van der Waals surface area contributed by atoms with Crippen molar-refractivity contribution in [1.82, 2.24) is 9.97 Å². The fourth-order valence-corrected chi connectivity index (χ4v) is 1.52. The van der Waals surface area contributed by atoms with Crippen molar-refractivity contribution in [3.63, 3.8) is 0 Å². The highest BCUT2D eigenvalue weighted by atomic mass is 16.1. The zero-order chi connectivity index (χ0) is 11.7. The van der Waals surface area contributed by atoms with Crippen LogP contribution in [-0.2, 0) is 6.42 Å². The van der Waals surface area contributed by atoms with E-state index in [1.807, 2.05) is 6.92 Å². The molecule has 0 atom stereocenters. The third kappa shape index (κ3) is 1.67. The number of amidine groups is 1. The van der Waals surface area contributed by atoms with Crippen LogP contribution in [0.1, 0.15) is 18.3 Å². The van der Waals surface area contributed by atoms with Crippen LogP contribution in [0.3, 0.4) is 0 Å². The van der Waals surface area contributed by atoms with Gasteiger partial charge in [0.1, 0.15) is 11.7 Å². The number of aromatic nitrogens is 2. The van der Waals surface area contributed by atoms with Crippen molar-refractivity contribution in [2.75, 3.05) is 0 Å². The molecule has 1 aromatic carbocycles. The summed E-state index contributed by atoms with van der Waals surface area (Å²) in [5, 5.41) is 7.77. The van der Waals surface area contributed by atoms with Gasteiger partial charge in [-0.3, -0.25) is 10.2 Å². The van der Waals surface area contributed by atoms with Gasteiger partial charge in [-0.15, -0.1) is 0 Å². The second kappa shape index (κ2) is 3.77. The lowest BCUT2D eigenvalue weighted by Crippen LogP contribution is -2.14. The normalized spacial score (nSPS) is 10.6. The topological polar surface area (TPSA) is 95.6 Å². The van der Waals surface area contributed by atoms with Crippen LogP contribution >= 0.6 is 0 Å². The minimum absolute atomic E-state index is 0.0548. The molecule has 2 aromatic rings. The largest absolute Gasteiger partial charge is 0.384 e. The first kappa shape index (κ1) is 10.4. The second-order valence-corrected chi connectivity index (χ2v) is 3.51. The van der Waals surface area contributed by atoms with Gasteiger partial charge in [-0.1, -0.05) is 6.92 Å². The predicted molar refractivity (Wildman–Crippen MR) is 62.8 cm³/mol. The molecule has 1 aromatic heterocycles. The van der Waals surface area contributed by atoms with Gasteiger partial charge in [-0.2, -0.15) is 0 Å². The van der Waals surface area contributed by atoms with E-state index in [-0.39, 0.29) is 11.4 Å². The molecule has 5 nitrogen and oxygen atoms in total. The van der Waals surface area contributed by atoms with Gasteiger partial charge in [-0.25, -0.2) is 4.98 Å². The highest BCUT2D eigenvalue weighted by Gasteiger charge is 2.05. The maximum Gasteiger partial charge on any atom is 0.258 e. The number of hydrogen-bond donors (Lipinski definition) is 3. The highest BCUT2D eigenvalue weighted by Crippen LogP contribution is 2.10. The van der Waals surface area contributed by atoms with Gasteiger partial charge < -0.3 is 10.7 Å². The van der Waals surface area contributed by atoms with Gasteiger partial charge in [0, 0.05) is 12.0 Å². The van der Waals surface area contributed by atoms with E-state index in [0.29, 0.717) is 28.7 Å². The third-order valence-electron chi connectivity index (χ3n) is 2.40. The Balaban J connectivity index is 2.75. The number of aromatic amines is 1. The number of nitrogens with one attached hydrogen (secondary N) is 2. The Labute approximate surface area is 91.8 Å². The van der Waals surface area contributed by atoms with Crippen LogP contribution in [-0.4, -0.2) is 15.8 Å². The van der Waals surface area contributed by atoms with Crippen molar-refractivity contribution >= 4 is 16.7 Å². The molecule has 0 aliphatic heterocycles. The van der Waals surface area contributed by atoms with Crippen molar-refractivity contribution in [2.45, 2.75) is 13.3 Å². The van der Waals surface area contributed by atoms with Crippen LogP contribution in [0.15, 0.2) is 23.0 Å². The summed E-state index contributed by atoms with van der Waals surface area (Å²) in [4.78, 5) is 18.7. The molecule has 0 fully saturated rings. The first-order valence-corrected chi connectivity index (χ1v) is 4.99. The Morgan fingerprint density at radius 2 is 2.31 bits per heavy atom. The van der Waals surface area contributed by atoms with E-state index < -0.39 is 0 Å². The van der Waals surface area contributed by atoms with E-state index in [1.165, 1.54) is 0 Å². The first-order chi connectivity index (χ1) is 7.61. The molecule has 1 heterocycles. The summed E-state index contributed by atoms with van der Waals surface area (Å²) in [7, 11) is 0. The molecule has 0 bridgehead atoms. The standard InChI is InChI=1S/C11H12N4O/c1-2-9-14-8-4-3-6(10(12)13)5-7(8)11(16)15-9/h3-5H,2H2,1H3,(H3,12,13)(H,14,15,16). The number of aryl methyl sites for hydroxylation is 1. The van der Waals surface area contributed by atoms with E-state index in [9.17, 15) is 4.79 Å². The average Bonchev–Trinajstić information content (AvgIpc) is 2.28. The van der Waals surface area contributed by atoms with Crippen LogP contribution in [0.5, 0.6) is 0 Å². The Kier molecular flexibility index (Phi) is 2.44. The van der Waals surface area contributed by atoms with Crippen molar-refractivity contribution in [1.29, 1.82) is 5.41 Å². The molecule has 0 amide bonds. The fourth-order valence-electron chi connectivity index (χ4n) is 1.52. The van der Waals surface area contributed by atoms with Crippen molar-refractivity contribution < 1.29 is 0 Å². The van der Waals surface area contributed by atoms with E-state index in [2.05, 4.69) is 9.97 Å². The molecule has 0 saturated heterocycles. The number of nitrogens with zero attached hydrogens (tertiary/aromatic N) is 1. The van der Waals surface area contributed by atoms with Crippen molar-refractivity contribution in [2.24, 2.45) is 5.73 Å². The van der Waals surface area contributed by atoms with E-state index in [1.54, 1.807) is 18.2 Å². The van der Waals surface area contributed by atoms with Crippen LogP contribution < -0.4 is 11.3 Å². The molecule has 16 heavy (non-hydrogen) atoms. The van der Waals surface area contributed by atoms with Crippen molar-refractivity contribution in [3.8, 4) is 0 Å². The molecule has 2 rings (SSSR count). The van der Waals surface area contributed by atoms with Gasteiger partial charge in [0.05, 0.1) is 10.9 Å². The molecule has 5 heteroatoms. The zero-order valence-corrected chi connectivity index (χ0v) is 8.87. The molecule has 0 saturated carbocycles. The monoisotopic (exact) mass is 216 g/mol. The maximum absolute atomic E-state index is 11.7. The molecular weight excluding hydrogens is 204 g/mol. The summed E-state index contributed by atoms with van der Waals surface area (Å²) in [6, 6.07) is 4.99.